The van der Waals surface area contributed by atoms with Crippen molar-refractivity contribution >= 4 is 23.0 Å². The maximum Gasteiger partial charge on any atom is 0.287 e. The number of imidazole rings is 1. The largest absolute Gasteiger partial charge is 0.349 e. The average molecular weight is 398 g/mol. The summed E-state index contributed by atoms with van der Waals surface area (Å²) in [6.07, 6.45) is 2.45. The lowest BCUT2D eigenvalue weighted by molar-refractivity contribution is 0.0943. The van der Waals surface area contributed by atoms with Crippen molar-refractivity contribution in [3.8, 4) is 0 Å². The van der Waals surface area contributed by atoms with Crippen LogP contribution in [-0.4, -0.2) is 27.7 Å². The number of nitrogens with zero attached hydrogens (tertiary/aromatic N) is 2. The highest BCUT2D eigenvalue weighted by molar-refractivity contribution is 6.09. The normalized spacial score (nSPS) is 10.7. The summed E-state index contributed by atoms with van der Waals surface area (Å²) in [5.41, 5.74) is 3.66. The lowest BCUT2D eigenvalue weighted by atomic mass is 10.1. The van der Waals surface area contributed by atoms with E-state index < -0.39 is 0 Å². The van der Waals surface area contributed by atoms with Crippen LogP contribution in [-0.2, 0) is 6.42 Å². The van der Waals surface area contributed by atoms with E-state index in [-0.39, 0.29) is 23.3 Å². The van der Waals surface area contributed by atoms with Crippen LogP contribution < -0.4 is 10.6 Å². The number of aryl methyl sites for hydroxylation is 1. The van der Waals surface area contributed by atoms with Gasteiger partial charge in [0, 0.05) is 18.4 Å². The lowest BCUT2D eigenvalue weighted by Gasteiger charge is -2.04. The van der Waals surface area contributed by atoms with Crippen molar-refractivity contribution in [1.82, 2.24) is 14.7 Å². The fourth-order valence-corrected chi connectivity index (χ4v) is 3.32. The number of hydrogen-bond donors (Lipinski definition) is 2. The van der Waals surface area contributed by atoms with E-state index >= 15 is 0 Å². The fraction of sp³-hybridized carbons (Fsp3) is 0.125. The van der Waals surface area contributed by atoms with Gasteiger partial charge in [0.2, 0.25) is 5.82 Å². The number of hydrogen-bond acceptors (Lipinski definition) is 3. The van der Waals surface area contributed by atoms with Crippen LogP contribution in [0.1, 0.15) is 32.2 Å². The van der Waals surface area contributed by atoms with Gasteiger partial charge < -0.3 is 10.6 Å². The molecule has 2 heterocycles. The van der Waals surface area contributed by atoms with E-state index in [2.05, 4.69) is 15.6 Å². The molecule has 6 nitrogen and oxygen atoms in total. The first-order valence-electron chi connectivity index (χ1n) is 9.79. The lowest BCUT2D eigenvalue weighted by Crippen LogP contribution is -2.27. The van der Waals surface area contributed by atoms with Crippen LogP contribution in [0.15, 0.2) is 79.0 Å². The number of benzene rings is 2. The van der Waals surface area contributed by atoms with Gasteiger partial charge in [-0.15, -0.1) is 0 Å². The van der Waals surface area contributed by atoms with Gasteiger partial charge >= 0.3 is 0 Å². The molecule has 2 aromatic heterocycles. The van der Waals surface area contributed by atoms with Crippen LogP contribution in [0.5, 0.6) is 0 Å². The summed E-state index contributed by atoms with van der Waals surface area (Å²) in [5, 5.41) is 5.76. The molecule has 0 aliphatic carbocycles. The van der Waals surface area contributed by atoms with Gasteiger partial charge in [0.25, 0.3) is 11.8 Å². The highest BCUT2D eigenvalue weighted by Crippen LogP contribution is 2.16. The van der Waals surface area contributed by atoms with Gasteiger partial charge in [-0.25, -0.2) is 4.98 Å². The molecule has 150 valence electrons. The van der Waals surface area contributed by atoms with Crippen LogP contribution in [0.25, 0.3) is 5.52 Å². The molecule has 0 unspecified atom stereocenters. The number of pyridine rings is 1. The molecule has 2 aromatic carbocycles. The summed E-state index contributed by atoms with van der Waals surface area (Å²) in [5.74, 6) is -0.484. The maximum atomic E-state index is 12.9. The molecule has 0 saturated carbocycles. The molecule has 0 aliphatic heterocycles. The number of rotatable bonds is 6. The van der Waals surface area contributed by atoms with Gasteiger partial charge in [-0.1, -0.05) is 48.5 Å². The molecular formula is C24H22N4O2. The third kappa shape index (κ3) is 4.22. The quantitative estimate of drug-likeness (QED) is 0.518. The Labute approximate surface area is 174 Å². The number of nitrogens with one attached hydrogen (secondary N) is 2. The SMILES string of the molecule is Cc1cccc(NC(=O)c2nc(C(=O)NCCc3ccccc3)n3ccccc23)c1. The highest BCUT2D eigenvalue weighted by atomic mass is 16.2. The minimum absolute atomic E-state index is 0.188. The van der Waals surface area contributed by atoms with Crippen molar-refractivity contribution in [3.05, 3.63) is 102 Å². The number of fused-ring (bicyclic) bond motifs is 1. The zero-order valence-electron chi connectivity index (χ0n) is 16.6. The molecule has 0 fully saturated rings. The van der Waals surface area contributed by atoms with E-state index in [4.69, 9.17) is 0 Å². The molecule has 0 atom stereocenters. The summed E-state index contributed by atoms with van der Waals surface area (Å²) >= 11 is 0. The first-order chi connectivity index (χ1) is 14.6. The predicted octanol–water partition coefficient (Wildman–Crippen LogP) is 3.87. The third-order valence-electron chi connectivity index (χ3n) is 4.78. The Kier molecular flexibility index (Phi) is 5.57. The average Bonchev–Trinajstić information content (AvgIpc) is 3.14. The smallest absolute Gasteiger partial charge is 0.287 e. The van der Waals surface area contributed by atoms with Gasteiger partial charge in [0.05, 0.1) is 5.52 Å². The van der Waals surface area contributed by atoms with Crippen LogP contribution in [0.4, 0.5) is 5.69 Å². The Morgan fingerprint density at radius 2 is 1.73 bits per heavy atom. The molecule has 2 N–H and O–H groups in total. The number of amides is 2. The molecule has 4 rings (SSSR count). The summed E-state index contributed by atoms with van der Waals surface area (Å²) in [4.78, 5) is 30.0. The second kappa shape index (κ2) is 8.61. The van der Waals surface area contributed by atoms with E-state index in [1.165, 1.54) is 0 Å². The van der Waals surface area contributed by atoms with E-state index in [0.717, 1.165) is 17.5 Å². The Morgan fingerprint density at radius 3 is 2.53 bits per heavy atom. The van der Waals surface area contributed by atoms with E-state index in [1.54, 1.807) is 22.7 Å². The number of aromatic nitrogens is 2. The van der Waals surface area contributed by atoms with E-state index in [1.807, 2.05) is 67.6 Å². The van der Waals surface area contributed by atoms with E-state index in [0.29, 0.717) is 17.7 Å². The summed E-state index contributed by atoms with van der Waals surface area (Å²) in [7, 11) is 0. The summed E-state index contributed by atoms with van der Waals surface area (Å²) in [6, 6.07) is 22.9. The van der Waals surface area contributed by atoms with Gasteiger partial charge in [-0.2, -0.15) is 0 Å². The zero-order valence-corrected chi connectivity index (χ0v) is 16.6. The molecule has 0 aliphatic rings. The Balaban J connectivity index is 1.54. The topological polar surface area (TPSA) is 75.5 Å². The summed E-state index contributed by atoms with van der Waals surface area (Å²) < 4.78 is 1.64. The van der Waals surface area contributed by atoms with Crippen molar-refractivity contribution in [3.63, 3.8) is 0 Å². The van der Waals surface area contributed by atoms with Gasteiger partial charge in [0.15, 0.2) is 5.69 Å². The molecule has 4 aromatic rings. The van der Waals surface area contributed by atoms with Crippen molar-refractivity contribution < 1.29 is 9.59 Å². The molecule has 6 heteroatoms. The molecule has 0 saturated heterocycles. The molecular weight excluding hydrogens is 376 g/mol. The highest BCUT2D eigenvalue weighted by Gasteiger charge is 2.21. The van der Waals surface area contributed by atoms with Gasteiger partial charge in [-0.05, 0) is 48.7 Å². The Hall–Kier alpha value is -3.93. The number of carbonyl (C=O) groups excluding carboxylic acids is 2. The van der Waals surface area contributed by atoms with Crippen LogP contribution in [0.2, 0.25) is 0 Å². The van der Waals surface area contributed by atoms with Gasteiger partial charge in [0.1, 0.15) is 0 Å². The van der Waals surface area contributed by atoms with E-state index in [9.17, 15) is 9.59 Å². The third-order valence-corrected chi connectivity index (χ3v) is 4.78. The van der Waals surface area contributed by atoms with Crippen LogP contribution in [0, 0.1) is 6.92 Å². The minimum atomic E-state index is -0.354. The number of anilines is 1. The molecule has 2 amide bonds. The Bertz CT molecular complexity index is 1200. The van der Waals surface area contributed by atoms with Crippen molar-refractivity contribution in [2.24, 2.45) is 0 Å². The van der Waals surface area contributed by atoms with Crippen LogP contribution >= 0.6 is 0 Å². The monoisotopic (exact) mass is 398 g/mol. The molecule has 30 heavy (non-hydrogen) atoms. The first-order valence-corrected chi connectivity index (χ1v) is 9.79. The molecule has 0 spiro atoms. The second-order valence-corrected chi connectivity index (χ2v) is 7.06. The van der Waals surface area contributed by atoms with Crippen molar-refractivity contribution in [2.45, 2.75) is 13.3 Å². The Morgan fingerprint density at radius 1 is 0.933 bits per heavy atom. The van der Waals surface area contributed by atoms with Crippen molar-refractivity contribution in [2.75, 3.05) is 11.9 Å². The van der Waals surface area contributed by atoms with Crippen LogP contribution in [0.3, 0.4) is 0 Å². The number of carbonyl (C=O) groups is 2. The molecule has 0 bridgehead atoms. The first kappa shape index (κ1) is 19.4. The predicted molar refractivity (Wildman–Crippen MR) is 117 cm³/mol. The fourth-order valence-electron chi connectivity index (χ4n) is 3.32. The molecule has 0 radical (unpaired) electrons. The van der Waals surface area contributed by atoms with Gasteiger partial charge in [-0.3, -0.25) is 14.0 Å². The summed E-state index contributed by atoms with van der Waals surface area (Å²) in [6.45, 7) is 2.44. The maximum absolute atomic E-state index is 12.9. The standard InChI is InChI=1S/C24H22N4O2/c1-17-8-7-11-19(16-17)26-23(29)21-20-12-5-6-15-28(20)22(27-21)24(30)25-14-13-18-9-3-2-4-10-18/h2-12,15-16H,13-14H2,1H3,(H,25,30)(H,26,29). The second-order valence-electron chi connectivity index (χ2n) is 7.06. The van der Waals surface area contributed by atoms with Crippen molar-refractivity contribution in [1.29, 1.82) is 0 Å². The minimum Gasteiger partial charge on any atom is -0.349 e. The zero-order chi connectivity index (χ0) is 20.9.